The zero-order chi connectivity index (χ0) is 18.9. The Labute approximate surface area is 164 Å². The van der Waals surface area contributed by atoms with Crippen molar-refractivity contribution in [2.75, 3.05) is 42.5 Å². The molecule has 0 unspecified atom stereocenters. The molecule has 5 rings (SSSR count). The molecule has 144 valence electrons. The highest BCUT2D eigenvalue weighted by molar-refractivity contribution is 5.94. The van der Waals surface area contributed by atoms with Crippen LogP contribution in [0.1, 0.15) is 23.2 Å². The first-order valence-corrected chi connectivity index (χ1v) is 9.94. The van der Waals surface area contributed by atoms with Gasteiger partial charge in [-0.3, -0.25) is 4.79 Å². The third kappa shape index (κ3) is 3.40. The van der Waals surface area contributed by atoms with E-state index in [-0.39, 0.29) is 5.91 Å². The number of hydrogen-bond acceptors (Lipinski definition) is 5. The molecule has 28 heavy (non-hydrogen) atoms. The Morgan fingerprint density at radius 2 is 1.71 bits per heavy atom. The number of nitrogens with one attached hydrogen (secondary N) is 1. The molecule has 2 aliphatic rings. The van der Waals surface area contributed by atoms with Gasteiger partial charge in [-0.15, -0.1) is 0 Å². The summed E-state index contributed by atoms with van der Waals surface area (Å²) < 4.78 is 2.13. The standard InChI is InChI=1S/C21H24N6O/c28-20(24-14-16-2-3-16)17-4-5-18-6-7-19(27(18)15-17)25-10-12-26(13-11-25)21-22-8-1-9-23-21/h1,4-9,15-16H,2-3,10-14H2,(H,24,28). The van der Waals surface area contributed by atoms with Crippen LogP contribution in [0.2, 0.25) is 0 Å². The number of pyridine rings is 1. The molecule has 1 saturated carbocycles. The predicted molar refractivity (Wildman–Crippen MR) is 109 cm³/mol. The second-order valence-corrected chi connectivity index (χ2v) is 7.58. The second kappa shape index (κ2) is 7.14. The summed E-state index contributed by atoms with van der Waals surface area (Å²) in [5, 5.41) is 3.05. The van der Waals surface area contributed by atoms with Gasteiger partial charge in [-0.25, -0.2) is 9.97 Å². The van der Waals surface area contributed by atoms with Gasteiger partial charge in [0.25, 0.3) is 5.91 Å². The van der Waals surface area contributed by atoms with Gasteiger partial charge >= 0.3 is 0 Å². The lowest BCUT2D eigenvalue weighted by molar-refractivity contribution is 0.0951. The number of carbonyl (C=O) groups is 1. The largest absolute Gasteiger partial charge is 0.354 e. The van der Waals surface area contributed by atoms with Crippen molar-refractivity contribution in [3.8, 4) is 0 Å². The lowest BCUT2D eigenvalue weighted by atomic mass is 10.2. The van der Waals surface area contributed by atoms with E-state index in [2.05, 4.69) is 41.6 Å². The molecule has 2 fully saturated rings. The Morgan fingerprint density at radius 3 is 2.46 bits per heavy atom. The molecule has 3 aromatic rings. The van der Waals surface area contributed by atoms with Crippen LogP contribution >= 0.6 is 0 Å². The minimum Gasteiger partial charge on any atom is -0.354 e. The van der Waals surface area contributed by atoms with Gasteiger partial charge in [0.15, 0.2) is 0 Å². The molecule has 0 aromatic carbocycles. The topological polar surface area (TPSA) is 65.8 Å². The molecule has 1 N–H and O–H groups in total. The van der Waals surface area contributed by atoms with Crippen LogP contribution in [0.5, 0.6) is 0 Å². The van der Waals surface area contributed by atoms with Crippen LogP contribution in [0, 0.1) is 5.92 Å². The van der Waals surface area contributed by atoms with Crippen LogP contribution in [-0.4, -0.2) is 53.0 Å². The molecule has 7 nitrogen and oxygen atoms in total. The van der Waals surface area contributed by atoms with Crippen molar-refractivity contribution in [3.05, 3.63) is 54.5 Å². The first kappa shape index (κ1) is 17.0. The van der Waals surface area contributed by atoms with Gasteiger partial charge in [0.2, 0.25) is 5.95 Å². The maximum Gasteiger partial charge on any atom is 0.252 e. The highest BCUT2D eigenvalue weighted by Crippen LogP contribution is 2.28. The van der Waals surface area contributed by atoms with Gasteiger partial charge < -0.3 is 19.5 Å². The summed E-state index contributed by atoms with van der Waals surface area (Å²) in [6, 6.07) is 10.0. The summed E-state index contributed by atoms with van der Waals surface area (Å²) in [5.41, 5.74) is 1.81. The maximum atomic E-state index is 12.5. The molecule has 1 amide bonds. The minimum absolute atomic E-state index is 0.0134. The van der Waals surface area contributed by atoms with E-state index in [1.807, 2.05) is 24.4 Å². The van der Waals surface area contributed by atoms with Crippen LogP contribution in [-0.2, 0) is 0 Å². The normalized spacial score (nSPS) is 17.1. The third-order valence-corrected chi connectivity index (χ3v) is 5.58. The summed E-state index contributed by atoms with van der Waals surface area (Å²) >= 11 is 0. The van der Waals surface area contributed by atoms with E-state index < -0.39 is 0 Å². The Morgan fingerprint density at radius 1 is 1.00 bits per heavy atom. The maximum absolute atomic E-state index is 12.5. The van der Waals surface area contributed by atoms with Gasteiger partial charge in [-0.2, -0.15) is 0 Å². The highest BCUT2D eigenvalue weighted by Gasteiger charge is 2.23. The number of nitrogens with zero attached hydrogens (tertiary/aromatic N) is 5. The van der Waals surface area contributed by atoms with Gasteiger partial charge in [0, 0.05) is 56.8 Å². The summed E-state index contributed by atoms with van der Waals surface area (Å²) in [7, 11) is 0. The van der Waals surface area contributed by atoms with E-state index in [1.54, 1.807) is 12.4 Å². The molecule has 1 saturated heterocycles. The summed E-state index contributed by atoms with van der Waals surface area (Å²) in [5.74, 6) is 2.61. The zero-order valence-electron chi connectivity index (χ0n) is 15.8. The molecule has 1 aliphatic heterocycles. The molecule has 0 spiro atoms. The zero-order valence-corrected chi connectivity index (χ0v) is 15.8. The van der Waals surface area contributed by atoms with E-state index in [4.69, 9.17) is 0 Å². The van der Waals surface area contributed by atoms with Crippen LogP contribution in [0.3, 0.4) is 0 Å². The van der Waals surface area contributed by atoms with Crippen molar-refractivity contribution >= 4 is 23.2 Å². The number of rotatable bonds is 5. The smallest absolute Gasteiger partial charge is 0.252 e. The van der Waals surface area contributed by atoms with E-state index >= 15 is 0 Å². The molecule has 3 aromatic heterocycles. The number of amides is 1. The molecule has 4 heterocycles. The number of piperazine rings is 1. The quantitative estimate of drug-likeness (QED) is 0.740. The second-order valence-electron chi connectivity index (χ2n) is 7.58. The average Bonchev–Trinajstić information content (AvgIpc) is 3.49. The first-order valence-electron chi connectivity index (χ1n) is 9.94. The Bertz CT molecular complexity index is 973. The number of fused-ring (bicyclic) bond motifs is 1. The van der Waals surface area contributed by atoms with Crippen molar-refractivity contribution < 1.29 is 4.79 Å². The van der Waals surface area contributed by atoms with Crippen molar-refractivity contribution in [3.63, 3.8) is 0 Å². The van der Waals surface area contributed by atoms with Crippen molar-refractivity contribution in [2.45, 2.75) is 12.8 Å². The van der Waals surface area contributed by atoms with Crippen LogP contribution in [0.4, 0.5) is 11.8 Å². The number of anilines is 2. The van der Waals surface area contributed by atoms with Gasteiger partial charge in [0.1, 0.15) is 5.82 Å². The Balaban J connectivity index is 1.31. The molecule has 0 atom stereocenters. The lowest BCUT2D eigenvalue weighted by Gasteiger charge is -2.35. The predicted octanol–water partition coefficient (Wildman–Crippen LogP) is 2.20. The van der Waals surface area contributed by atoms with Gasteiger partial charge in [-0.05, 0) is 49.1 Å². The fourth-order valence-electron chi connectivity index (χ4n) is 3.73. The number of hydrogen-bond donors (Lipinski definition) is 1. The van der Waals surface area contributed by atoms with Crippen molar-refractivity contribution in [1.29, 1.82) is 0 Å². The van der Waals surface area contributed by atoms with Crippen LogP contribution < -0.4 is 15.1 Å². The molecule has 0 bridgehead atoms. The average molecular weight is 376 g/mol. The molecular weight excluding hydrogens is 352 g/mol. The Kier molecular flexibility index (Phi) is 4.35. The fraction of sp³-hybridized carbons (Fsp3) is 0.381. The molecular formula is C21H24N6O. The summed E-state index contributed by atoms with van der Waals surface area (Å²) in [6.45, 7) is 4.32. The number of carbonyl (C=O) groups excluding carboxylic acids is 1. The monoisotopic (exact) mass is 376 g/mol. The highest BCUT2D eigenvalue weighted by atomic mass is 16.1. The van der Waals surface area contributed by atoms with Gasteiger partial charge in [0.05, 0.1) is 5.56 Å². The van der Waals surface area contributed by atoms with Crippen LogP contribution in [0.15, 0.2) is 48.9 Å². The van der Waals surface area contributed by atoms with Crippen molar-refractivity contribution in [2.24, 2.45) is 5.92 Å². The third-order valence-electron chi connectivity index (χ3n) is 5.58. The molecule has 7 heteroatoms. The SMILES string of the molecule is O=C(NCC1CC1)c1ccc2ccc(N3CCN(c4ncccn4)CC3)n2c1. The van der Waals surface area contributed by atoms with Crippen molar-refractivity contribution in [1.82, 2.24) is 19.7 Å². The van der Waals surface area contributed by atoms with E-state index in [1.165, 1.54) is 12.8 Å². The molecule has 1 aliphatic carbocycles. The van der Waals surface area contributed by atoms with Gasteiger partial charge in [-0.1, -0.05) is 0 Å². The minimum atomic E-state index is 0.0134. The Hall–Kier alpha value is -3.09. The summed E-state index contributed by atoms with van der Waals surface area (Å²) in [4.78, 5) is 25.7. The van der Waals surface area contributed by atoms with E-state index in [9.17, 15) is 4.79 Å². The fourth-order valence-corrected chi connectivity index (χ4v) is 3.73. The number of aromatic nitrogens is 3. The van der Waals surface area contributed by atoms with E-state index in [0.29, 0.717) is 11.5 Å². The summed E-state index contributed by atoms with van der Waals surface area (Å²) in [6.07, 6.45) is 8.00. The first-order chi connectivity index (χ1) is 13.8. The van der Waals surface area contributed by atoms with E-state index in [0.717, 1.165) is 50.0 Å². The molecule has 0 radical (unpaired) electrons. The lowest BCUT2D eigenvalue weighted by Crippen LogP contribution is -2.47. The van der Waals surface area contributed by atoms with Crippen LogP contribution in [0.25, 0.3) is 5.52 Å².